The Morgan fingerprint density at radius 3 is 2.52 bits per heavy atom. The average Bonchev–Trinajstić information content (AvgIpc) is 2.91. The summed E-state index contributed by atoms with van der Waals surface area (Å²) in [5.74, 6) is -0.370. The van der Waals surface area contributed by atoms with Crippen LogP contribution in [0.25, 0.3) is 5.69 Å². The van der Waals surface area contributed by atoms with E-state index in [0.29, 0.717) is 16.9 Å². The van der Waals surface area contributed by atoms with Crippen LogP contribution in [0.4, 0.5) is 23.2 Å². The fraction of sp³-hybridized carbons (Fsp3) is 0.111. The van der Waals surface area contributed by atoms with Crippen LogP contribution in [0, 0.1) is 12.7 Å². The van der Waals surface area contributed by atoms with Gasteiger partial charge in [0.05, 0.1) is 34.4 Å². The fourth-order valence-corrected chi connectivity index (χ4v) is 2.66. The first-order valence-corrected chi connectivity index (χ1v) is 8.11. The number of nitrogens with zero attached hydrogens (tertiary/aromatic N) is 3. The van der Waals surface area contributed by atoms with Crippen molar-refractivity contribution in [1.82, 2.24) is 9.78 Å². The predicted octanol–water partition coefficient (Wildman–Crippen LogP) is 5.44. The minimum atomic E-state index is -4.46. The zero-order valence-electron chi connectivity index (χ0n) is 13.9. The van der Waals surface area contributed by atoms with Gasteiger partial charge in [-0.1, -0.05) is 17.7 Å². The second-order valence-corrected chi connectivity index (χ2v) is 5.98. The molecule has 0 saturated heterocycles. The summed E-state index contributed by atoms with van der Waals surface area (Å²) in [6.45, 7) is 1.66. The van der Waals surface area contributed by atoms with E-state index < -0.39 is 11.7 Å². The highest BCUT2D eigenvalue weighted by atomic mass is 35.5. The predicted molar refractivity (Wildman–Crippen MR) is 95.9 cm³/mol. The van der Waals surface area contributed by atoms with E-state index in [1.54, 1.807) is 6.92 Å². The van der Waals surface area contributed by atoms with Crippen molar-refractivity contribution in [2.24, 2.45) is 5.10 Å². The molecule has 1 N–H and O–H groups in total. The molecule has 27 heavy (non-hydrogen) atoms. The normalized spacial score (nSPS) is 11.9. The Morgan fingerprint density at radius 1 is 1.15 bits per heavy atom. The molecule has 2 aromatic carbocycles. The number of nitrogens with one attached hydrogen (secondary N) is 1. The van der Waals surface area contributed by atoms with Gasteiger partial charge in [0.25, 0.3) is 0 Å². The highest BCUT2D eigenvalue weighted by Crippen LogP contribution is 2.31. The summed E-state index contributed by atoms with van der Waals surface area (Å²) in [5, 5.41) is 8.32. The van der Waals surface area contributed by atoms with E-state index in [4.69, 9.17) is 11.6 Å². The van der Waals surface area contributed by atoms with E-state index in [1.165, 1.54) is 47.3 Å². The fourth-order valence-electron chi connectivity index (χ4n) is 2.34. The van der Waals surface area contributed by atoms with Crippen LogP contribution in [-0.2, 0) is 6.18 Å². The molecule has 0 aliphatic rings. The maximum Gasteiger partial charge on any atom is 0.416 e. The summed E-state index contributed by atoms with van der Waals surface area (Å²) in [4.78, 5) is 0. The van der Waals surface area contributed by atoms with Crippen molar-refractivity contribution in [2.75, 3.05) is 5.43 Å². The molecule has 4 nitrogen and oxygen atoms in total. The van der Waals surface area contributed by atoms with E-state index in [-0.39, 0.29) is 16.7 Å². The third kappa shape index (κ3) is 4.28. The van der Waals surface area contributed by atoms with E-state index >= 15 is 0 Å². The van der Waals surface area contributed by atoms with Crippen LogP contribution in [0.1, 0.15) is 16.8 Å². The van der Waals surface area contributed by atoms with Crippen molar-refractivity contribution in [1.29, 1.82) is 0 Å². The Labute approximate surface area is 157 Å². The molecule has 140 valence electrons. The second kappa shape index (κ2) is 7.40. The number of aromatic nitrogens is 2. The lowest BCUT2D eigenvalue weighted by Crippen LogP contribution is -2.06. The molecule has 1 heterocycles. The van der Waals surface area contributed by atoms with Gasteiger partial charge < -0.3 is 0 Å². The van der Waals surface area contributed by atoms with Gasteiger partial charge in [-0.15, -0.1) is 0 Å². The van der Waals surface area contributed by atoms with Crippen LogP contribution in [0.15, 0.2) is 53.6 Å². The highest BCUT2D eigenvalue weighted by molar-refractivity contribution is 6.32. The van der Waals surface area contributed by atoms with E-state index in [0.717, 1.165) is 12.1 Å². The number of hydrazone groups is 1. The number of hydrogen-bond acceptors (Lipinski definition) is 3. The molecule has 0 unspecified atom stereocenters. The monoisotopic (exact) mass is 396 g/mol. The molecule has 3 aromatic rings. The minimum Gasteiger partial charge on any atom is -0.278 e. The highest BCUT2D eigenvalue weighted by Gasteiger charge is 2.30. The first kappa shape index (κ1) is 18.9. The summed E-state index contributed by atoms with van der Waals surface area (Å²) in [5.41, 5.74) is 3.60. The molecule has 9 heteroatoms. The van der Waals surface area contributed by atoms with Crippen molar-refractivity contribution in [3.05, 3.63) is 76.3 Å². The Balaban J connectivity index is 1.87. The summed E-state index contributed by atoms with van der Waals surface area (Å²) < 4.78 is 52.8. The zero-order chi connectivity index (χ0) is 19.6. The van der Waals surface area contributed by atoms with Crippen molar-refractivity contribution in [3.63, 3.8) is 0 Å². The maximum absolute atomic E-state index is 12.9. The van der Waals surface area contributed by atoms with Crippen molar-refractivity contribution in [3.8, 4) is 5.69 Å². The smallest absolute Gasteiger partial charge is 0.278 e. The molecule has 0 fully saturated rings. The molecule has 0 aliphatic carbocycles. The van der Waals surface area contributed by atoms with Crippen molar-refractivity contribution < 1.29 is 17.6 Å². The molecule has 0 radical (unpaired) electrons. The van der Waals surface area contributed by atoms with Gasteiger partial charge >= 0.3 is 6.18 Å². The Hall–Kier alpha value is -2.87. The zero-order valence-corrected chi connectivity index (χ0v) is 14.7. The van der Waals surface area contributed by atoms with Crippen LogP contribution < -0.4 is 5.43 Å². The number of hydrogen-bond donors (Lipinski definition) is 1. The molecule has 0 saturated carbocycles. The number of rotatable bonds is 4. The molecular formula is C18H13ClF4N4. The first-order chi connectivity index (χ1) is 12.8. The van der Waals surface area contributed by atoms with Gasteiger partial charge in [-0.05, 0) is 49.4 Å². The first-order valence-electron chi connectivity index (χ1n) is 7.73. The maximum atomic E-state index is 12.9. The van der Waals surface area contributed by atoms with Crippen molar-refractivity contribution >= 4 is 23.5 Å². The van der Waals surface area contributed by atoms with Gasteiger partial charge in [0.2, 0.25) is 0 Å². The molecule has 0 spiro atoms. The number of anilines is 1. The van der Waals surface area contributed by atoms with Crippen molar-refractivity contribution in [2.45, 2.75) is 13.1 Å². The SMILES string of the molecule is Cc1nn(-c2cccc(C(F)(F)F)c2)c(Cl)c1/C=N\Nc1ccc(F)cc1. The van der Waals surface area contributed by atoms with Gasteiger partial charge in [0, 0.05) is 0 Å². The van der Waals surface area contributed by atoms with Crippen LogP contribution >= 0.6 is 11.6 Å². The summed E-state index contributed by atoms with van der Waals surface area (Å²) in [6, 6.07) is 10.3. The topological polar surface area (TPSA) is 42.2 Å². The van der Waals surface area contributed by atoms with E-state index in [1.807, 2.05) is 0 Å². The molecule has 1 aromatic heterocycles. The Morgan fingerprint density at radius 2 is 1.85 bits per heavy atom. The van der Waals surface area contributed by atoms with Crippen LogP contribution in [0.3, 0.4) is 0 Å². The van der Waals surface area contributed by atoms with E-state index in [2.05, 4.69) is 15.6 Å². The number of benzene rings is 2. The largest absolute Gasteiger partial charge is 0.416 e. The minimum absolute atomic E-state index is 0.122. The van der Waals surface area contributed by atoms with Gasteiger partial charge in [-0.25, -0.2) is 9.07 Å². The quantitative estimate of drug-likeness (QED) is 0.362. The Kier molecular flexibility index (Phi) is 5.18. The lowest BCUT2D eigenvalue weighted by Gasteiger charge is -2.09. The lowest BCUT2D eigenvalue weighted by atomic mass is 10.2. The summed E-state index contributed by atoms with van der Waals surface area (Å²) in [6.07, 6.45) is -3.06. The molecular weight excluding hydrogens is 384 g/mol. The number of alkyl halides is 3. The van der Waals surface area contributed by atoms with Crippen LogP contribution in [0.2, 0.25) is 5.15 Å². The van der Waals surface area contributed by atoms with Gasteiger partial charge in [-0.3, -0.25) is 5.43 Å². The summed E-state index contributed by atoms with van der Waals surface area (Å²) >= 11 is 6.28. The van der Waals surface area contributed by atoms with Crippen LogP contribution in [0.5, 0.6) is 0 Å². The molecule has 0 atom stereocenters. The molecule has 0 bridgehead atoms. The number of halogens is 5. The van der Waals surface area contributed by atoms with Gasteiger partial charge in [-0.2, -0.15) is 23.4 Å². The third-order valence-electron chi connectivity index (χ3n) is 3.70. The average molecular weight is 397 g/mol. The summed E-state index contributed by atoms with van der Waals surface area (Å²) in [7, 11) is 0. The third-order valence-corrected chi connectivity index (χ3v) is 4.06. The molecule has 0 amide bonds. The standard InChI is InChI=1S/C18H13ClF4N4/c1-11-16(10-24-25-14-7-5-13(20)6-8-14)17(19)27(26-11)15-4-2-3-12(9-15)18(21,22)23/h2-10,25H,1H3/b24-10-. The van der Waals surface area contributed by atoms with Gasteiger partial charge in [0.1, 0.15) is 11.0 Å². The number of aryl methyl sites for hydroxylation is 1. The second-order valence-electron chi connectivity index (χ2n) is 5.63. The lowest BCUT2D eigenvalue weighted by molar-refractivity contribution is -0.137. The van der Waals surface area contributed by atoms with Crippen LogP contribution in [-0.4, -0.2) is 16.0 Å². The Bertz CT molecular complexity index is 978. The molecule has 3 rings (SSSR count). The van der Waals surface area contributed by atoms with E-state index in [9.17, 15) is 17.6 Å². The van der Waals surface area contributed by atoms with Gasteiger partial charge in [0.15, 0.2) is 0 Å². The molecule has 0 aliphatic heterocycles.